The van der Waals surface area contributed by atoms with Crippen molar-refractivity contribution in [2.24, 2.45) is 0 Å². The number of unbranched alkanes of at least 4 members (excludes halogenated alkanes) is 1. The Hall–Kier alpha value is -3.16. The third-order valence-electron chi connectivity index (χ3n) is 7.02. The Balaban J connectivity index is 1.53. The van der Waals surface area contributed by atoms with E-state index in [1.54, 1.807) is 11.0 Å². The molecule has 2 aliphatic rings. The van der Waals surface area contributed by atoms with Crippen molar-refractivity contribution in [3.63, 3.8) is 0 Å². The zero-order chi connectivity index (χ0) is 24.3. The van der Waals surface area contributed by atoms with Crippen LogP contribution in [-0.2, 0) is 17.9 Å². The van der Waals surface area contributed by atoms with Crippen LogP contribution in [-0.4, -0.2) is 50.5 Å². The minimum Gasteiger partial charge on any atom is -0.351 e. The molecule has 2 N–H and O–H groups in total. The summed E-state index contributed by atoms with van der Waals surface area (Å²) in [4.78, 5) is 41.4. The molecular weight excluding hydrogens is 430 g/mol. The smallest absolute Gasteiger partial charge is 0.273 e. The highest BCUT2D eigenvalue weighted by Crippen LogP contribution is 2.29. The first-order chi connectivity index (χ1) is 16.3. The van der Waals surface area contributed by atoms with Gasteiger partial charge in [-0.25, -0.2) is 0 Å². The minimum atomic E-state index is -1.05. The molecule has 34 heavy (non-hydrogen) atoms. The number of hydrogen-bond donors (Lipinski definition) is 2. The van der Waals surface area contributed by atoms with E-state index in [1.165, 1.54) is 4.68 Å². The van der Waals surface area contributed by atoms with Gasteiger partial charge in [0.2, 0.25) is 5.91 Å². The Labute approximate surface area is 201 Å². The Kier molecular flexibility index (Phi) is 7.05. The molecule has 0 radical (unpaired) electrons. The Morgan fingerprint density at radius 2 is 1.88 bits per heavy atom. The van der Waals surface area contributed by atoms with Gasteiger partial charge in [-0.05, 0) is 38.7 Å². The first-order valence-corrected chi connectivity index (χ1v) is 12.4. The average molecular weight is 466 g/mol. The van der Waals surface area contributed by atoms with Crippen LogP contribution >= 0.6 is 0 Å². The predicted molar refractivity (Wildman–Crippen MR) is 129 cm³/mol. The molecular formula is C26H35N5O3. The van der Waals surface area contributed by atoms with Crippen LogP contribution in [0, 0.1) is 6.92 Å². The summed E-state index contributed by atoms with van der Waals surface area (Å²) in [6.07, 6.45) is 5.90. The maximum absolute atomic E-state index is 13.5. The topological polar surface area (TPSA) is 96.3 Å². The fourth-order valence-electron chi connectivity index (χ4n) is 4.81. The van der Waals surface area contributed by atoms with Crippen molar-refractivity contribution < 1.29 is 14.4 Å². The molecule has 1 atom stereocenters. The van der Waals surface area contributed by atoms with E-state index in [0.29, 0.717) is 18.8 Å². The van der Waals surface area contributed by atoms with Crippen LogP contribution in [0.3, 0.4) is 0 Å². The third kappa shape index (κ3) is 4.86. The fourth-order valence-corrected chi connectivity index (χ4v) is 4.81. The van der Waals surface area contributed by atoms with Crippen molar-refractivity contribution in [3.8, 4) is 0 Å². The van der Waals surface area contributed by atoms with E-state index in [9.17, 15) is 14.4 Å². The van der Waals surface area contributed by atoms with E-state index in [4.69, 9.17) is 0 Å². The average Bonchev–Trinajstić information content (AvgIpc) is 3.48. The van der Waals surface area contributed by atoms with Gasteiger partial charge in [0, 0.05) is 25.2 Å². The lowest BCUT2D eigenvalue weighted by atomic mass is 9.94. The summed E-state index contributed by atoms with van der Waals surface area (Å²) in [5.74, 6) is -0.739. The van der Waals surface area contributed by atoms with Gasteiger partial charge in [0.05, 0.1) is 6.54 Å². The number of carbonyl (C=O) groups excluding carboxylic acids is 3. The van der Waals surface area contributed by atoms with Crippen molar-refractivity contribution in [1.82, 2.24) is 25.3 Å². The zero-order valence-electron chi connectivity index (χ0n) is 20.4. The molecule has 8 nitrogen and oxygen atoms in total. The number of benzene rings is 1. The van der Waals surface area contributed by atoms with E-state index in [2.05, 4.69) is 22.7 Å². The van der Waals surface area contributed by atoms with Gasteiger partial charge in [-0.3, -0.25) is 19.1 Å². The molecule has 0 unspecified atom stereocenters. The van der Waals surface area contributed by atoms with Gasteiger partial charge in [0.15, 0.2) is 5.69 Å². The first-order valence-electron chi connectivity index (χ1n) is 12.4. The normalized spacial score (nSPS) is 20.3. The van der Waals surface area contributed by atoms with Crippen LogP contribution < -0.4 is 10.6 Å². The number of fused-ring (bicyclic) bond motifs is 1. The van der Waals surface area contributed by atoms with Crippen molar-refractivity contribution in [1.29, 1.82) is 0 Å². The SMILES string of the molecule is CCCCN1C(=O)c2cc(C(=O)NCc3ccc(C)cc3)nn2C[C@@]1(C)C(=O)NC1CCCC1. The van der Waals surface area contributed by atoms with Crippen LogP contribution in [0.15, 0.2) is 30.3 Å². The number of nitrogens with zero attached hydrogens (tertiary/aromatic N) is 3. The van der Waals surface area contributed by atoms with Crippen molar-refractivity contribution >= 4 is 17.7 Å². The summed E-state index contributed by atoms with van der Waals surface area (Å²) in [5, 5.41) is 10.5. The van der Waals surface area contributed by atoms with E-state index < -0.39 is 5.54 Å². The van der Waals surface area contributed by atoms with Gasteiger partial charge in [-0.1, -0.05) is 56.0 Å². The molecule has 0 spiro atoms. The molecule has 1 aromatic heterocycles. The maximum atomic E-state index is 13.5. The number of amides is 3. The lowest BCUT2D eigenvalue weighted by Gasteiger charge is -2.43. The zero-order valence-corrected chi connectivity index (χ0v) is 20.4. The lowest BCUT2D eigenvalue weighted by molar-refractivity contribution is -0.133. The van der Waals surface area contributed by atoms with Gasteiger partial charge < -0.3 is 15.5 Å². The second kappa shape index (κ2) is 9.99. The molecule has 2 aromatic rings. The molecule has 1 aliphatic heterocycles. The quantitative estimate of drug-likeness (QED) is 0.626. The molecule has 1 fully saturated rings. The van der Waals surface area contributed by atoms with Crippen molar-refractivity contribution in [2.75, 3.05) is 6.54 Å². The number of nitrogens with one attached hydrogen (secondary N) is 2. The second-order valence-electron chi connectivity index (χ2n) is 9.78. The van der Waals surface area contributed by atoms with Gasteiger partial charge in [-0.15, -0.1) is 0 Å². The standard InChI is InChI=1S/C26H35N5O3/c1-4-5-14-30-24(33)22-15-21(23(32)27-16-19-12-10-18(2)11-13-19)29-31(22)17-26(30,3)25(34)28-20-8-6-7-9-20/h10-13,15,20H,4-9,14,16-17H2,1-3H3,(H,27,32)(H,28,34)/t26-/m0/s1. The van der Waals surface area contributed by atoms with Gasteiger partial charge >= 0.3 is 0 Å². The number of hydrogen-bond acceptors (Lipinski definition) is 4. The molecule has 8 heteroatoms. The molecule has 0 bridgehead atoms. The highest BCUT2D eigenvalue weighted by atomic mass is 16.2. The Morgan fingerprint density at radius 1 is 1.18 bits per heavy atom. The highest BCUT2D eigenvalue weighted by Gasteiger charge is 2.48. The summed E-state index contributed by atoms with van der Waals surface area (Å²) in [7, 11) is 0. The number of aromatic nitrogens is 2. The second-order valence-corrected chi connectivity index (χ2v) is 9.78. The summed E-state index contributed by atoms with van der Waals surface area (Å²) < 4.78 is 1.53. The summed E-state index contributed by atoms with van der Waals surface area (Å²) >= 11 is 0. The molecule has 0 saturated heterocycles. The van der Waals surface area contributed by atoms with Crippen molar-refractivity contribution in [2.45, 2.75) is 84.0 Å². The fraction of sp³-hybridized carbons (Fsp3) is 0.538. The van der Waals surface area contributed by atoms with E-state index in [1.807, 2.05) is 38.1 Å². The number of carbonyl (C=O) groups is 3. The number of rotatable bonds is 8. The monoisotopic (exact) mass is 465 g/mol. The molecule has 1 aromatic carbocycles. The summed E-state index contributed by atoms with van der Waals surface area (Å²) in [5.41, 5.74) is 1.63. The lowest BCUT2D eigenvalue weighted by Crippen LogP contribution is -2.65. The molecule has 4 rings (SSSR count). The highest BCUT2D eigenvalue weighted by molar-refractivity contribution is 6.01. The molecule has 3 amide bonds. The van der Waals surface area contributed by atoms with Crippen LogP contribution in [0.25, 0.3) is 0 Å². The van der Waals surface area contributed by atoms with Crippen LogP contribution in [0.4, 0.5) is 0 Å². The van der Waals surface area contributed by atoms with Gasteiger partial charge in [0.1, 0.15) is 11.2 Å². The Morgan fingerprint density at radius 3 is 2.56 bits per heavy atom. The summed E-state index contributed by atoms with van der Waals surface area (Å²) in [6.45, 7) is 6.98. The molecule has 1 saturated carbocycles. The minimum absolute atomic E-state index is 0.143. The van der Waals surface area contributed by atoms with Gasteiger partial charge in [-0.2, -0.15) is 5.10 Å². The molecule has 182 valence electrons. The third-order valence-corrected chi connectivity index (χ3v) is 7.02. The molecule has 1 aliphatic carbocycles. The van der Waals surface area contributed by atoms with E-state index in [0.717, 1.165) is 49.7 Å². The summed E-state index contributed by atoms with van der Waals surface area (Å²) in [6, 6.07) is 9.64. The van der Waals surface area contributed by atoms with E-state index >= 15 is 0 Å². The van der Waals surface area contributed by atoms with Crippen LogP contribution in [0.2, 0.25) is 0 Å². The Bertz CT molecular complexity index is 1050. The molecule has 2 heterocycles. The van der Waals surface area contributed by atoms with E-state index in [-0.39, 0.29) is 36.0 Å². The largest absolute Gasteiger partial charge is 0.351 e. The predicted octanol–water partition coefficient (Wildman–Crippen LogP) is 3.19. The maximum Gasteiger partial charge on any atom is 0.273 e. The van der Waals surface area contributed by atoms with Crippen molar-refractivity contribution in [3.05, 3.63) is 52.8 Å². The van der Waals surface area contributed by atoms with Gasteiger partial charge in [0.25, 0.3) is 11.8 Å². The number of aryl methyl sites for hydroxylation is 1. The van der Waals surface area contributed by atoms with Crippen LogP contribution in [0.1, 0.15) is 84.5 Å². The first kappa shape index (κ1) is 24.0. The van der Waals surface area contributed by atoms with Crippen LogP contribution in [0.5, 0.6) is 0 Å².